The summed E-state index contributed by atoms with van der Waals surface area (Å²) in [7, 11) is 0. The van der Waals surface area contributed by atoms with Gasteiger partial charge >= 0.3 is 6.03 Å². The van der Waals surface area contributed by atoms with E-state index in [-0.39, 0.29) is 24.1 Å². The van der Waals surface area contributed by atoms with Crippen LogP contribution in [0.4, 0.5) is 20.6 Å². The summed E-state index contributed by atoms with van der Waals surface area (Å²) in [6.45, 7) is 2.05. The molecule has 1 aliphatic heterocycles. The predicted molar refractivity (Wildman–Crippen MR) is 107 cm³/mol. The Morgan fingerprint density at radius 3 is 2.48 bits per heavy atom. The second kappa shape index (κ2) is 7.66. The van der Waals surface area contributed by atoms with E-state index in [0.717, 1.165) is 35.8 Å². The number of benzene rings is 2. The lowest BCUT2D eigenvalue weighted by Crippen LogP contribution is -2.39. The van der Waals surface area contributed by atoms with Crippen LogP contribution in [0.5, 0.6) is 0 Å². The van der Waals surface area contributed by atoms with Crippen LogP contribution in [0, 0.1) is 5.82 Å². The number of anilines is 2. The Morgan fingerprint density at radius 2 is 1.86 bits per heavy atom. The molecule has 1 heterocycles. The molecule has 1 saturated carbocycles. The van der Waals surface area contributed by atoms with E-state index in [1.807, 2.05) is 31.2 Å². The SMILES string of the molecule is CCc1ccc(NC(=O)CC2C(=O)N(c3cccc(F)c3)C(=O)N2C2CC2)cc1. The maximum absolute atomic E-state index is 13.6. The molecule has 150 valence electrons. The third-order valence-corrected chi connectivity index (χ3v) is 5.28. The molecule has 2 aromatic rings. The zero-order valence-electron chi connectivity index (χ0n) is 16.1. The number of imide groups is 1. The molecule has 29 heavy (non-hydrogen) atoms. The van der Waals surface area contributed by atoms with Gasteiger partial charge in [0.1, 0.15) is 11.9 Å². The lowest BCUT2D eigenvalue weighted by molar-refractivity contribution is -0.124. The minimum Gasteiger partial charge on any atom is -0.326 e. The smallest absolute Gasteiger partial charge is 0.326 e. The second-order valence-corrected chi connectivity index (χ2v) is 7.39. The highest BCUT2D eigenvalue weighted by Crippen LogP contribution is 2.36. The highest BCUT2D eigenvalue weighted by molar-refractivity contribution is 6.22. The lowest BCUT2D eigenvalue weighted by Gasteiger charge is -2.21. The van der Waals surface area contributed by atoms with E-state index in [2.05, 4.69) is 5.32 Å². The molecule has 1 saturated heterocycles. The summed E-state index contributed by atoms with van der Waals surface area (Å²) < 4.78 is 13.6. The van der Waals surface area contributed by atoms with Crippen molar-refractivity contribution in [2.75, 3.05) is 10.2 Å². The van der Waals surface area contributed by atoms with Crippen molar-refractivity contribution in [2.24, 2.45) is 0 Å². The first-order chi connectivity index (χ1) is 14.0. The number of urea groups is 1. The van der Waals surface area contributed by atoms with E-state index in [0.29, 0.717) is 5.69 Å². The van der Waals surface area contributed by atoms with E-state index < -0.39 is 23.8 Å². The van der Waals surface area contributed by atoms with Gasteiger partial charge in [0.15, 0.2) is 0 Å². The molecule has 0 radical (unpaired) electrons. The third-order valence-electron chi connectivity index (χ3n) is 5.28. The van der Waals surface area contributed by atoms with Gasteiger partial charge in [-0.15, -0.1) is 0 Å². The zero-order valence-corrected chi connectivity index (χ0v) is 16.1. The van der Waals surface area contributed by atoms with Gasteiger partial charge in [0.25, 0.3) is 5.91 Å². The van der Waals surface area contributed by atoms with Gasteiger partial charge in [-0.25, -0.2) is 14.1 Å². The summed E-state index contributed by atoms with van der Waals surface area (Å²) in [5, 5.41) is 2.79. The number of halogens is 1. The molecule has 2 aliphatic rings. The van der Waals surface area contributed by atoms with Crippen molar-refractivity contribution in [1.82, 2.24) is 4.90 Å². The van der Waals surface area contributed by atoms with Crippen LogP contribution in [0.15, 0.2) is 48.5 Å². The molecule has 2 fully saturated rings. The largest absolute Gasteiger partial charge is 0.332 e. The molecule has 1 unspecified atom stereocenters. The van der Waals surface area contributed by atoms with Crippen LogP contribution in [-0.2, 0) is 16.0 Å². The Balaban J connectivity index is 1.52. The van der Waals surface area contributed by atoms with Crippen molar-refractivity contribution in [1.29, 1.82) is 0 Å². The van der Waals surface area contributed by atoms with Crippen molar-refractivity contribution in [3.63, 3.8) is 0 Å². The molecule has 2 aromatic carbocycles. The van der Waals surface area contributed by atoms with Crippen molar-refractivity contribution in [2.45, 2.75) is 44.7 Å². The zero-order chi connectivity index (χ0) is 20.5. The number of carbonyl (C=O) groups is 3. The Morgan fingerprint density at radius 1 is 1.14 bits per heavy atom. The molecule has 1 N–H and O–H groups in total. The number of nitrogens with one attached hydrogen (secondary N) is 1. The first kappa shape index (κ1) is 19.1. The van der Waals surface area contributed by atoms with Gasteiger partial charge in [-0.3, -0.25) is 9.59 Å². The van der Waals surface area contributed by atoms with E-state index >= 15 is 0 Å². The van der Waals surface area contributed by atoms with Crippen LogP contribution < -0.4 is 10.2 Å². The van der Waals surface area contributed by atoms with Crippen LogP contribution in [0.2, 0.25) is 0 Å². The van der Waals surface area contributed by atoms with Crippen molar-refractivity contribution < 1.29 is 18.8 Å². The van der Waals surface area contributed by atoms with Crippen LogP contribution in [-0.4, -0.2) is 34.8 Å². The Labute approximate surface area is 168 Å². The number of carbonyl (C=O) groups excluding carboxylic acids is 3. The minimum atomic E-state index is -0.881. The standard InChI is InChI=1S/C22H22FN3O3/c1-2-14-6-8-16(9-7-14)24-20(27)13-19-21(28)26(18-5-3-4-15(23)12-18)22(29)25(19)17-10-11-17/h3-9,12,17,19H,2,10-11,13H2,1H3,(H,24,27). The van der Waals surface area contributed by atoms with Crippen LogP contribution in [0.3, 0.4) is 0 Å². The number of amides is 4. The van der Waals surface area contributed by atoms with Gasteiger partial charge in [0.05, 0.1) is 12.1 Å². The first-order valence-electron chi connectivity index (χ1n) is 9.78. The summed E-state index contributed by atoms with van der Waals surface area (Å²) in [6.07, 6.45) is 2.36. The molecule has 1 atom stereocenters. The number of aryl methyl sites for hydroxylation is 1. The van der Waals surface area contributed by atoms with Gasteiger partial charge in [0.2, 0.25) is 5.91 Å². The fraction of sp³-hybridized carbons (Fsp3) is 0.318. The normalized spacial score (nSPS) is 19.0. The number of nitrogens with zero attached hydrogens (tertiary/aromatic N) is 2. The maximum Gasteiger partial charge on any atom is 0.332 e. The highest BCUT2D eigenvalue weighted by atomic mass is 19.1. The second-order valence-electron chi connectivity index (χ2n) is 7.39. The molecule has 4 rings (SSSR count). The first-order valence-corrected chi connectivity index (χ1v) is 9.78. The quantitative estimate of drug-likeness (QED) is 0.758. The average Bonchev–Trinajstić information content (AvgIpc) is 3.50. The topological polar surface area (TPSA) is 69.7 Å². The average molecular weight is 395 g/mol. The summed E-state index contributed by atoms with van der Waals surface area (Å²) in [5.74, 6) is -1.37. The van der Waals surface area contributed by atoms with Crippen molar-refractivity contribution in [3.05, 3.63) is 59.9 Å². The monoisotopic (exact) mass is 395 g/mol. The fourth-order valence-corrected chi connectivity index (χ4v) is 3.62. The van der Waals surface area contributed by atoms with E-state index in [4.69, 9.17) is 0 Å². The fourth-order valence-electron chi connectivity index (χ4n) is 3.62. The molecular weight excluding hydrogens is 373 g/mol. The molecule has 1 aliphatic carbocycles. The number of rotatable bonds is 6. The van der Waals surface area contributed by atoms with Gasteiger partial charge in [-0.05, 0) is 55.2 Å². The Kier molecular flexibility index (Phi) is 5.05. The third kappa shape index (κ3) is 3.85. The summed E-state index contributed by atoms with van der Waals surface area (Å²) in [4.78, 5) is 41.0. The highest BCUT2D eigenvalue weighted by Gasteiger charge is 2.52. The molecule has 0 aromatic heterocycles. The van der Waals surface area contributed by atoms with Crippen LogP contribution in [0.25, 0.3) is 0 Å². The lowest BCUT2D eigenvalue weighted by atomic mass is 10.1. The summed E-state index contributed by atoms with van der Waals surface area (Å²) in [5.41, 5.74) is 1.98. The van der Waals surface area contributed by atoms with Crippen LogP contribution in [0.1, 0.15) is 31.7 Å². The van der Waals surface area contributed by atoms with Crippen molar-refractivity contribution in [3.8, 4) is 0 Å². The number of hydrogen-bond acceptors (Lipinski definition) is 3. The molecule has 0 bridgehead atoms. The van der Waals surface area contributed by atoms with E-state index in [1.165, 1.54) is 23.1 Å². The van der Waals surface area contributed by atoms with Gasteiger partial charge in [-0.2, -0.15) is 0 Å². The molecular formula is C22H22FN3O3. The van der Waals surface area contributed by atoms with Gasteiger partial charge < -0.3 is 10.2 Å². The molecule has 6 nitrogen and oxygen atoms in total. The molecule has 4 amide bonds. The number of hydrogen-bond donors (Lipinski definition) is 1. The summed E-state index contributed by atoms with van der Waals surface area (Å²) in [6, 6.07) is 11.4. The minimum absolute atomic E-state index is 0.0494. The van der Waals surface area contributed by atoms with Gasteiger partial charge in [-0.1, -0.05) is 25.1 Å². The predicted octanol–water partition coefficient (Wildman–Crippen LogP) is 3.72. The molecule has 0 spiro atoms. The van der Waals surface area contributed by atoms with E-state index in [1.54, 1.807) is 0 Å². The van der Waals surface area contributed by atoms with Gasteiger partial charge in [0, 0.05) is 11.7 Å². The summed E-state index contributed by atoms with van der Waals surface area (Å²) >= 11 is 0. The molecule has 7 heteroatoms. The maximum atomic E-state index is 13.6. The van der Waals surface area contributed by atoms with Crippen molar-refractivity contribution >= 4 is 29.2 Å². The Bertz CT molecular complexity index is 956. The van der Waals surface area contributed by atoms with E-state index in [9.17, 15) is 18.8 Å². The Hall–Kier alpha value is -3.22. The van der Waals surface area contributed by atoms with Crippen LogP contribution >= 0.6 is 0 Å².